The summed E-state index contributed by atoms with van der Waals surface area (Å²) >= 11 is 0. The summed E-state index contributed by atoms with van der Waals surface area (Å²) in [7, 11) is 5.67. The van der Waals surface area contributed by atoms with Crippen LogP contribution in [0.2, 0.25) is 0 Å². The molecule has 122 valence electrons. The highest BCUT2D eigenvalue weighted by molar-refractivity contribution is 5.94. The Labute approximate surface area is 138 Å². The third kappa shape index (κ3) is 4.57. The summed E-state index contributed by atoms with van der Waals surface area (Å²) < 4.78 is 5.19. The van der Waals surface area contributed by atoms with Crippen molar-refractivity contribution in [3.05, 3.63) is 65.2 Å². The van der Waals surface area contributed by atoms with Gasteiger partial charge in [-0.25, -0.2) is 0 Å². The van der Waals surface area contributed by atoms with Gasteiger partial charge in [0.25, 0.3) is 5.91 Å². The minimum atomic E-state index is -0.0472. The second kappa shape index (κ2) is 7.79. The summed E-state index contributed by atoms with van der Waals surface area (Å²) in [5.74, 6) is 0.782. The van der Waals surface area contributed by atoms with E-state index in [0.717, 1.165) is 16.9 Å². The Hall–Kier alpha value is -2.33. The number of methoxy groups -OCH3 is 1. The van der Waals surface area contributed by atoms with Gasteiger partial charge in [0.05, 0.1) is 13.2 Å². The van der Waals surface area contributed by atoms with Gasteiger partial charge >= 0.3 is 0 Å². The topological polar surface area (TPSA) is 41.6 Å². The molecule has 2 aromatic carbocycles. The van der Waals surface area contributed by atoms with Crippen LogP contribution in [0.3, 0.4) is 0 Å². The number of amides is 1. The Morgan fingerprint density at radius 3 is 2.43 bits per heavy atom. The first kappa shape index (κ1) is 17.0. The molecule has 0 saturated carbocycles. The lowest BCUT2D eigenvalue weighted by Gasteiger charge is -2.25. The monoisotopic (exact) mass is 312 g/mol. The van der Waals surface area contributed by atoms with E-state index in [2.05, 4.69) is 10.2 Å². The van der Waals surface area contributed by atoms with Crippen molar-refractivity contribution in [2.45, 2.75) is 13.0 Å². The van der Waals surface area contributed by atoms with E-state index in [0.29, 0.717) is 12.1 Å². The van der Waals surface area contributed by atoms with Crippen molar-refractivity contribution in [2.75, 3.05) is 27.7 Å². The van der Waals surface area contributed by atoms with Crippen LogP contribution >= 0.6 is 0 Å². The molecule has 0 aliphatic rings. The van der Waals surface area contributed by atoms with E-state index in [4.69, 9.17) is 4.74 Å². The van der Waals surface area contributed by atoms with Gasteiger partial charge in [0.1, 0.15) is 5.75 Å². The van der Waals surface area contributed by atoms with Crippen LogP contribution in [0.5, 0.6) is 5.75 Å². The number of ether oxygens (including phenoxy) is 1. The Kier molecular flexibility index (Phi) is 5.77. The molecular weight excluding hydrogens is 288 g/mol. The molecule has 0 fully saturated rings. The van der Waals surface area contributed by atoms with Crippen molar-refractivity contribution in [1.82, 2.24) is 10.2 Å². The van der Waals surface area contributed by atoms with Crippen LogP contribution in [0.25, 0.3) is 0 Å². The zero-order valence-corrected chi connectivity index (χ0v) is 14.2. The third-order valence-electron chi connectivity index (χ3n) is 3.86. The number of hydrogen-bond donors (Lipinski definition) is 1. The fourth-order valence-electron chi connectivity index (χ4n) is 2.50. The number of benzene rings is 2. The van der Waals surface area contributed by atoms with E-state index in [1.165, 1.54) is 0 Å². The Balaban J connectivity index is 2.06. The number of aryl methyl sites for hydroxylation is 1. The second-order valence-corrected chi connectivity index (χ2v) is 5.83. The van der Waals surface area contributed by atoms with Crippen LogP contribution in [0.4, 0.5) is 0 Å². The number of carbonyl (C=O) groups excluding carboxylic acids is 1. The first-order valence-corrected chi connectivity index (χ1v) is 7.66. The lowest BCUT2D eigenvalue weighted by atomic mass is 10.1. The van der Waals surface area contributed by atoms with Crippen LogP contribution in [0, 0.1) is 6.92 Å². The molecule has 0 aromatic heterocycles. The maximum absolute atomic E-state index is 12.3. The van der Waals surface area contributed by atoms with Crippen molar-refractivity contribution in [3.8, 4) is 5.75 Å². The molecule has 2 rings (SSSR count). The average molecular weight is 312 g/mol. The predicted molar refractivity (Wildman–Crippen MR) is 92.9 cm³/mol. The molecule has 0 radical (unpaired) electrons. The number of nitrogens with zero attached hydrogens (tertiary/aromatic N) is 1. The van der Waals surface area contributed by atoms with Crippen LogP contribution in [-0.2, 0) is 0 Å². The van der Waals surface area contributed by atoms with Gasteiger partial charge in [-0.3, -0.25) is 4.79 Å². The van der Waals surface area contributed by atoms with Crippen LogP contribution in [0.15, 0.2) is 48.5 Å². The maximum Gasteiger partial charge on any atom is 0.251 e. The van der Waals surface area contributed by atoms with Crippen molar-refractivity contribution >= 4 is 5.91 Å². The molecule has 1 amide bonds. The Morgan fingerprint density at radius 1 is 1.17 bits per heavy atom. The molecule has 1 atom stereocenters. The number of nitrogens with one attached hydrogen (secondary N) is 1. The molecule has 4 heteroatoms. The second-order valence-electron chi connectivity index (χ2n) is 5.83. The summed E-state index contributed by atoms with van der Waals surface area (Å²) in [6, 6.07) is 15.7. The van der Waals surface area contributed by atoms with Crippen molar-refractivity contribution in [1.29, 1.82) is 0 Å². The fraction of sp³-hybridized carbons (Fsp3) is 0.316. The summed E-state index contributed by atoms with van der Waals surface area (Å²) in [4.78, 5) is 14.4. The van der Waals surface area contributed by atoms with E-state index >= 15 is 0 Å². The van der Waals surface area contributed by atoms with E-state index < -0.39 is 0 Å². The molecule has 0 heterocycles. The van der Waals surface area contributed by atoms with Crippen molar-refractivity contribution in [3.63, 3.8) is 0 Å². The summed E-state index contributed by atoms with van der Waals surface area (Å²) in [5.41, 5.74) is 2.91. The van der Waals surface area contributed by atoms with E-state index in [-0.39, 0.29) is 11.9 Å². The van der Waals surface area contributed by atoms with E-state index in [9.17, 15) is 4.79 Å². The van der Waals surface area contributed by atoms with Gasteiger partial charge in [0, 0.05) is 12.1 Å². The van der Waals surface area contributed by atoms with E-state index in [1.54, 1.807) is 7.11 Å². The van der Waals surface area contributed by atoms with Gasteiger partial charge in [-0.05, 0) is 50.8 Å². The minimum Gasteiger partial charge on any atom is -0.497 e. The summed E-state index contributed by atoms with van der Waals surface area (Å²) in [6.07, 6.45) is 0. The highest BCUT2D eigenvalue weighted by atomic mass is 16.5. The van der Waals surface area contributed by atoms with E-state index in [1.807, 2.05) is 69.6 Å². The first-order valence-electron chi connectivity index (χ1n) is 7.66. The molecular formula is C19H24N2O2. The smallest absolute Gasteiger partial charge is 0.251 e. The van der Waals surface area contributed by atoms with Gasteiger partial charge < -0.3 is 15.0 Å². The van der Waals surface area contributed by atoms with Crippen LogP contribution in [0.1, 0.15) is 27.5 Å². The normalized spacial score (nSPS) is 12.0. The molecule has 0 aliphatic heterocycles. The fourth-order valence-corrected chi connectivity index (χ4v) is 2.50. The van der Waals surface area contributed by atoms with Gasteiger partial charge in [-0.2, -0.15) is 0 Å². The molecule has 1 N–H and O–H groups in total. The average Bonchev–Trinajstić information content (AvgIpc) is 2.55. The number of likely N-dealkylation sites (N-methyl/N-ethyl adjacent to an activating group) is 1. The highest BCUT2D eigenvalue weighted by Gasteiger charge is 2.16. The Morgan fingerprint density at radius 2 is 1.87 bits per heavy atom. The number of hydrogen-bond acceptors (Lipinski definition) is 3. The third-order valence-corrected chi connectivity index (χ3v) is 3.86. The summed E-state index contributed by atoms with van der Waals surface area (Å²) in [6.45, 7) is 2.53. The van der Waals surface area contributed by atoms with Crippen LogP contribution < -0.4 is 10.1 Å². The first-order chi connectivity index (χ1) is 11.0. The molecule has 0 unspecified atom stereocenters. The number of rotatable bonds is 6. The number of carbonyl (C=O) groups is 1. The van der Waals surface area contributed by atoms with Crippen molar-refractivity contribution < 1.29 is 9.53 Å². The van der Waals surface area contributed by atoms with Crippen molar-refractivity contribution in [2.24, 2.45) is 0 Å². The maximum atomic E-state index is 12.3. The minimum absolute atomic E-state index is 0.0472. The standard InChI is InChI=1S/C19H24N2O2/c1-14-6-5-7-16(12-14)19(22)20-13-18(21(2)3)15-8-10-17(23-4)11-9-15/h5-12,18H,13H2,1-4H3,(H,20,22)/t18-/m1/s1. The van der Waals surface area contributed by atoms with Gasteiger partial charge in [-0.1, -0.05) is 29.8 Å². The van der Waals surface area contributed by atoms with Gasteiger partial charge in [0.15, 0.2) is 0 Å². The van der Waals surface area contributed by atoms with Gasteiger partial charge in [0.2, 0.25) is 0 Å². The van der Waals surface area contributed by atoms with Gasteiger partial charge in [-0.15, -0.1) is 0 Å². The molecule has 0 spiro atoms. The predicted octanol–water partition coefficient (Wildman–Crippen LogP) is 3.04. The SMILES string of the molecule is COc1ccc([C@@H](CNC(=O)c2cccc(C)c2)N(C)C)cc1. The molecule has 0 bridgehead atoms. The lowest BCUT2D eigenvalue weighted by molar-refractivity contribution is 0.0942. The molecule has 4 nitrogen and oxygen atoms in total. The highest BCUT2D eigenvalue weighted by Crippen LogP contribution is 2.20. The lowest BCUT2D eigenvalue weighted by Crippen LogP contribution is -2.34. The molecule has 23 heavy (non-hydrogen) atoms. The molecule has 2 aromatic rings. The quantitative estimate of drug-likeness (QED) is 0.891. The molecule has 0 saturated heterocycles. The van der Waals surface area contributed by atoms with Crippen LogP contribution in [-0.4, -0.2) is 38.6 Å². The zero-order valence-electron chi connectivity index (χ0n) is 14.2. The summed E-state index contributed by atoms with van der Waals surface area (Å²) in [5, 5.41) is 3.02. The largest absolute Gasteiger partial charge is 0.497 e. The Bertz CT molecular complexity index is 651. The molecule has 0 aliphatic carbocycles. The zero-order chi connectivity index (χ0) is 16.8.